The molecule has 21 heavy (non-hydrogen) atoms. The normalized spacial score (nSPS) is 15.8. The van der Waals surface area contributed by atoms with Gasteiger partial charge in [0.05, 0.1) is 0 Å². The molecular formula is C16H21ClN2O2. The van der Waals surface area contributed by atoms with Crippen molar-refractivity contribution in [1.82, 2.24) is 5.32 Å². The second-order valence-electron chi connectivity index (χ2n) is 6.04. The van der Waals surface area contributed by atoms with Crippen LogP contribution in [0.2, 0.25) is 5.02 Å². The van der Waals surface area contributed by atoms with Gasteiger partial charge in [0.15, 0.2) is 0 Å². The summed E-state index contributed by atoms with van der Waals surface area (Å²) in [5.74, 6) is -0.541. The molecule has 0 spiro atoms. The lowest BCUT2D eigenvalue weighted by Gasteiger charge is -2.25. The van der Waals surface area contributed by atoms with Crippen LogP contribution in [-0.4, -0.2) is 17.9 Å². The molecule has 1 aliphatic carbocycles. The van der Waals surface area contributed by atoms with Crippen molar-refractivity contribution in [2.45, 2.75) is 45.6 Å². The SMILES string of the molecule is CC(C)(C(=O)Nc1ccc(Cl)cc1)C(=O)NC1CCCC1. The lowest BCUT2D eigenvalue weighted by Crippen LogP contribution is -2.47. The molecule has 1 fully saturated rings. The van der Waals surface area contributed by atoms with Gasteiger partial charge >= 0.3 is 0 Å². The quantitative estimate of drug-likeness (QED) is 0.838. The fourth-order valence-corrected chi connectivity index (χ4v) is 2.49. The van der Waals surface area contributed by atoms with E-state index >= 15 is 0 Å². The number of benzene rings is 1. The number of rotatable bonds is 4. The molecule has 2 rings (SSSR count). The van der Waals surface area contributed by atoms with Gasteiger partial charge in [-0.05, 0) is 51.0 Å². The van der Waals surface area contributed by atoms with Crippen LogP contribution in [0.3, 0.4) is 0 Å². The number of halogens is 1. The van der Waals surface area contributed by atoms with Gasteiger partial charge < -0.3 is 10.6 Å². The zero-order valence-corrected chi connectivity index (χ0v) is 13.2. The van der Waals surface area contributed by atoms with E-state index in [9.17, 15) is 9.59 Å². The zero-order valence-electron chi connectivity index (χ0n) is 12.4. The topological polar surface area (TPSA) is 58.2 Å². The summed E-state index contributed by atoms with van der Waals surface area (Å²) in [7, 11) is 0. The molecule has 0 aromatic heterocycles. The predicted octanol–water partition coefficient (Wildman–Crippen LogP) is 3.36. The van der Waals surface area contributed by atoms with Crippen LogP contribution in [0.5, 0.6) is 0 Å². The molecule has 4 nitrogen and oxygen atoms in total. The minimum absolute atomic E-state index is 0.208. The average Bonchev–Trinajstić information content (AvgIpc) is 2.94. The van der Waals surface area contributed by atoms with Crippen LogP contribution in [0.4, 0.5) is 5.69 Å². The van der Waals surface area contributed by atoms with Gasteiger partial charge in [0.25, 0.3) is 0 Å². The molecule has 0 heterocycles. The lowest BCUT2D eigenvalue weighted by atomic mass is 9.90. The number of amides is 2. The van der Waals surface area contributed by atoms with Gasteiger partial charge in [-0.2, -0.15) is 0 Å². The van der Waals surface area contributed by atoms with Crippen LogP contribution in [0.25, 0.3) is 0 Å². The number of anilines is 1. The standard InChI is InChI=1S/C16H21ClN2O2/c1-16(2,14(20)18-12-5-3-4-6-12)15(21)19-13-9-7-11(17)8-10-13/h7-10,12H,3-6H2,1-2H3,(H,18,20)(H,19,21). The fourth-order valence-electron chi connectivity index (χ4n) is 2.36. The lowest BCUT2D eigenvalue weighted by molar-refractivity contribution is -0.138. The van der Waals surface area contributed by atoms with Crippen LogP contribution in [0.15, 0.2) is 24.3 Å². The van der Waals surface area contributed by atoms with E-state index in [-0.39, 0.29) is 17.9 Å². The summed E-state index contributed by atoms with van der Waals surface area (Å²) in [6.07, 6.45) is 4.28. The summed E-state index contributed by atoms with van der Waals surface area (Å²) in [4.78, 5) is 24.6. The van der Waals surface area contributed by atoms with E-state index in [0.717, 1.165) is 25.7 Å². The summed E-state index contributed by atoms with van der Waals surface area (Å²) >= 11 is 5.81. The summed E-state index contributed by atoms with van der Waals surface area (Å²) in [6.45, 7) is 3.28. The molecule has 0 unspecified atom stereocenters. The van der Waals surface area contributed by atoms with Gasteiger partial charge in [-0.3, -0.25) is 9.59 Å². The Hall–Kier alpha value is -1.55. The maximum absolute atomic E-state index is 12.3. The van der Waals surface area contributed by atoms with Crippen molar-refractivity contribution in [3.8, 4) is 0 Å². The number of carbonyl (C=O) groups is 2. The first-order valence-corrected chi connectivity index (χ1v) is 7.65. The second-order valence-corrected chi connectivity index (χ2v) is 6.48. The summed E-state index contributed by atoms with van der Waals surface area (Å²) in [5.41, 5.74) is -0.478. The fraction of sp³-hybridized carbons (Fsp3) is 0.500. The zero-order chi connectivity index (χ0) is 15.5. The smallest absolute Gasteiger partial charge is 0.239 e. The van der Waals surface area contributed by atoms with Crippen molar-refractivity contribution in [3.63, 3.8) is 0 Å². The summed E-state index contributed by atoms with van der Waals surface area (Å²) < 4.78 is 0. The third-order valence-electron chi connectivity index (χ3n) is 3.93. The van der Waals surface area contributed by atoms with Crippen molar-refractivity contribution in [1.29, 1.82) is 0 Å². The highest BCUT2D eigenvalue weighted by Crippen LogP contribution is 2.23. The van der Waals surface area contributed by atoms with Crippen LogP contribution in [-0.2, 0) is 9.59 Å². The number of carbonyl (C=O) groups excluding carboxylic acids is 2. The first-order valence-electron chi connectivity index (χ1n) is 7.27. The van der Waals surface area contributed by atoms with E-state index in [1.54, 1.807) is 38.1 Å². The molecule has 0 bridgehead atoms. The van der Waals surface area contributed by atoms with E-state index in [1.165, 1.54) is 0 Å². The van der Waals surface area contributed by atoms with Gasteiger partial charge in [-0.1, -0.05) is 24.4 Å². The van der Waals surface area contributed by atoms with Crippen molar-refractivity contribution in [2.75, 3.05) is 5.32 Å². The first kappa shape index (κ1) is 15.8. The molecule has 0 radical (unpaired) electrons. The van der Waals surface area contributed by atoms with Crippen molar-refractivity contribution >= 4 is 29.1 Å². The maximum atomic E-state index is 12.3. The van der Waals surface area contributed by atoms with E-state index < -0.39 is 5.41 Å². The minimum atomic E-state index is -1.11. The van der Waals surface area contributed by atoms with Gasteiger partial charge in [-0.25, -0.2) is 0 Å². The van der Waals surface area contributed by atoms with Crippen molar-refractivity contribution in [2.24, 2.45) is 5.41 Å². The Morgan fingerprint density at radius 1 is 1.10 bits per heavy atom. The van der Waals surface area contributed by atoms with Crippen molar-refractivity contribution < 1.29 is 9.59 Å². The molecule has 2 N–H and O–H groups in total. The third-order valence-corrected chi connectivity index (χ3v) is 4.18. The highest BCUT2D eigenvalue weighted by Gasteiger charge is 2.37. The Labute approximate surface area is 130 Å². The van der Waals surface area contributed by atoms with E-state index in [2.05, 4.69) is 10.6 Å². The van der Waals surface area contributed by atoms with Crippen LogP contribution in [0.1, 0.15) is 39.5 Å². The van der Waals surface area contributed by atoms with E-state index in [4.69, 9.17) is 11.6 Å². The molecule has 1 aliphatic rings. The average molecular weight is 309 g/mol. The largest absolute Gasteiger partial charge is 0.352 e. The van der Waals surface area contributed by atoms with Gasteiger partial charge in [-0.15, -0.1) is 0 Å². The van der Waals surface area contributed by atoms with Crippen LogP contribution in [0, 0.1) is 5.41 Å². The highest BCUT2D eigenvalue weighted by molar-refractivity contribution is 6.30. The molecule has 0 aliphatic heterocycles. The monoisotopic (exact) mass is 308 g/mol. The molecule has 1 aromatic carbocycles. The molecule has 5 heteroatoms. The molecule has 2 amide bonds. The Morgan fingerprint density at radius 3 is 2.24 bits per heavy atom. The van der Waals surface area contributed by atoms with Gasteiger partial charge in [0.1, 0.15) is 5.41 Å². The molecular weight excluding hydrogens is 288 g/mol. The van der Waals surface area contributed by atoms with E-state index in [1.807, 2.05) is 0 Å². The number of hydrogen-bond acceptors (Lipinski definition) is 2. The maximum Gasteiger partial charge on any atom is 0.239 e. The third kappa shape index (κ3) is 3.97. The summed E-state index contributed by atoms with van der Waals surface area (Å²) in [5, 5.41) is 6.33. The predicted molar refractivity (Wildman–Crippen MR) is 84.3 cm³/mol. The van der Waals surface area contributed by atoms with Gasteiger partial charge in [0.2, 0.25) is 11.8 Å². The Bertz CT molecular complexity index is 520. The number of nitrogens with one attached hydrogen (secondary N) is 2. The molecule has 0 atom stereocenters. The first-order chi connectivity index (χ1) is 9.89. The van der Waals surface area contributed by atoms with E-state index in [0.29, 0.717) is 10.7 Å². The Balaban J connectivity index is 1.98. The van der Waals surface area contributed by atoms with Gasteiger partial charge in [0, 0.05) is 16.8 Å². The van der Waals surface area contributed by atoms with Crippen LogP contribution >= 0.6 is 11.6 Å². The highest BCUT2D eigenvalue weighted by atomic mass is 35.5. The molecule has 114 valence electrons. The molecule has 1 saturated carbocycles. The van der Waals surface area contributed by atoms with Crippen LogP contribution < -0.4 is 10.6 Å². The van der Waals surface area contributed by atoms with Crippen molar-refractivity contribution in [3.05, 3.63) is 29.3 Å². The Morgan fingerprint density at radius 2 is 1.67 bits per heavy atom. The molecule has 1 aromatic rings. The Kier molecular flexibility index (Phi) is 4.88. The minimum Gasteiger partial charge on any atom is -0.352 e. The molecule has 0 saturated heterocycles. The summed E-state index contributed by atoms with van der Waals surface area (Å²) in [6, 6.07) is 7.03. The number of hydrogen-bond donors (Lipinski definition) is 2. The second kappa shape index (κ2) is 6.48.